The van der Waals surface area contributed by atoms with E-state index in [1.807, 2.05) is 0 Å². The Bertz CT molecular complexity index is 344. The molecule has 0 unspecified atom stereocenters. The maximum atomic E-state index is 10.5. The van der Waals surface area contributed by atoms with Gasteiger partial charge in [0, 0.05) is 0 Å². The monoisotopic (exact) mass is 341 g/mol. The van der Waals surface area contributed by atoms with Crippen molar-refractivity contribution in [3.8, 4) is 0 Å². The molecule has 0 aromatic carbocycles. The second-order valence-electron chi connectivity index (χ2n) is 4.24. The van der Waals surface area contributed by atoms with Gasteiger partial charge in [0.05, 0.1) is 11.8 Å². The summed E-state index contributed by atoms with van der Waals surface area (Å²) in [6.45, 7) is 10.8. The molecule has 6 nitrogen and oxygen atoms in total. The zero-order chi connectivity index (χ0) is 16.6. The molecule has 0 amide bonds. The Balaban J connectivity index is -0.000000295. The molecule has 0 aliphatic carbocycles. The number of ketones is 4. The number of hydrogen-bond donors (Lipinski definition) is 0. The van der Waals surface area contributed by atoms with Crippen LogP contribution in [0, 0.1) is 11.8 Å². The van der Waals surface area contributed by atoms with Crippen LogP contribution in [0.25, 0.3) is 0 Å². The van der Waals surface area contributed by atoms with E-state index < -0.39 is 46.5 Å². The standard InChI is InChI=1S/2C7H10O3.Co/c2*1-4(8)7(5(2)9)6(3)10;/h2*7-8H,1H2,2-3H3;/q;;+2/p-2. The molecule has 0 saturated heterocycles. The normalized spacial score (nSPS) is 9.05. The van der Waals surface area contributed by atoms with Crippen molar-refractivity contribution in [2.75, 3.05) is 0 Å². The van der Waals surface area contributed by atoms with Crippen molar-refractivity contribution in [2.45, 2.75) is 27.7 Å². The summed E-state index contributed by atoms with van der Waals surface area (Å²) in [5.41, 5.74) is 0. The van der Waals surface area contributed by atoms with Gasteiger partial charge in [0.1, 0.15) is 23.1 Å². The molecule has 0 saturated carbocycles. The topological polar surface area (TPSA) is 114 Å². The Hall–Kier alpha value is -1.73. The van der Waals surface area contributed by atoms with Gasteiger partial charge in [-0.1, -0.05) is 0 Å². The first-order valence-corrected chi connectivity index (χ1v) is 5.66. The summed E-state index contributed by atoms with van der Waals surface area (Å²) in [4.78, 5) is 42.2. The summed E-state index contributed by atoms with van der Waals surface area (Å²) in [6.07, 6.45) is 0. The van der Waals surface area contributed by atoms with Gasteiger partial charge in [-0.2, -0.15) is 0 Å². The molecule has 0 bridgehead atoms. The van der Waals surface area contributed by atoms with Crippen LogP contribution in [0.3, 0.4) is 0 Å². The van der Waals surface area contributed by atoms with Gasteiger partial charge < -0.3 is 10.2 Å². The van der Waals surface area contributed by atoms with E-state index in [-0.39, 0.29) is 16.8 Å². The number of hydrogen-bond acceptors (Lipinski definition) is 6. The Kier molecular flexibility index (Phi) is 12.7. The van der Waals surface area contributed by atoms with E-state index in [4.69, 9.17) is 0 Å². The summed E-state index contributed by atoms with van der Waals surface area (Å²) >= 11 is 0. The number of carbonyl (C=O) groups is 4. The van der Waals surface area contributed by atoms with Crippen molar-refractivity contribution in [1.29, 1.82) is 0 Å². The van der Waals surface area contributed by atoms with Gasteiger partial charge in [-0.15, -0.1) is 24.7 Å². The van der Waals surface area contributed by atoms with E-state index in [9.17, 15) is 29.4 Å². The molecule has 0 aromatic rings. The van der Waals surface area contributed by atoms with Gasteiger partial charge in [0.2, 0.25) is 0 Å². The van der Waals surface area contributed by atoms with Crippen LogP contribution in [0.1, 0.15) is 27.7 Å². The summed E-state index contributed by atoms with van der Waals surface area (Å²) < 4.78 is 0. The molecule has 0 aliphatic rings. The molecule has 0 N–H and O–H groups in total. The van der Waals surface area contributed by atoms with Crippen molar-refractivity contribution >= 4 is 23.1 Å². The van der Waals surface area contributed by atoms with Gasteiger partial charge in [0.15, 0.2) is 0 Å². The van der Waals surface area contributed by atoms with Crippen LogP contribution in [-0.2, 0) is 36.0 Å². The van der Waals surface area contributed by atoms with Crippen LogP contribution in [0.2, 0.25) is 0 Å². The molecule has 21 heavy (non-hydrogen) atoms. The fourth-order valence-electron chi connectivity index (χ4n) is 1.48. The van der Waals surface area contributed by atoms with Crippen molar-refractivity contribution in [3.05, 3.63) is 24.7 Å². The quantitative estimate of drug-likeness (QED) is 0.466. The average molecular weight is 341 g/mol. The molecule has 119 valence electrons. The Labute approximate surface area is 134 Å². The third kappa shape index (κ3) is 9.75. The van der Waals surface area contributed by atoms with Gasteiger partial charge in [-0.05, 0) is 27.7 Å². The Morgan fingerprint density at radius 3 is 0.810 bits per heavy atom. The zero-order valence-corrected chi connectivity index (χ0v) is 13.4. The molecule has 0 aliphatic heterocycles. The van der Waals surface area contributed by atoms with Gasteiger partial charge in [-0.25, -0.2) is 0 Å². The smallest absolute Gasteiger partial charge is 0.875 e. The molecular weight excluding hydrogens is 323 g/mol. The molecule has 0 aromatic heterocycles. The minimum Gasteiger partial charge on any atom is -0.875 e. The Morgan fingerprint density at radius 1 is 0.667 bits per heavy atom. The molecule has 0 heterocycles. The second kappa shape index (κ2) is 11.0. The predicted molar refractivity (Wildman–Crippen MR) is 68.0 cm³/mol. The minimum absolute atomic E-state index is 0. The first kappa shape index (κ1) is 24.3. The molecule has 0 atom stereocenters. The summed E-state index contributed by atoms with van der Waals surface area (Å²) in [5.74, 6) is -5.28. The maximum Gasteiger partial charge on any atom is 2.00 e. The van der Waals surface area contributed by atoms with E-state index in [0.717, 1.165) is 0 Å². The molecule has 0 rings (SSSR count). The largest absolute Gasteiger partial charge is 2.00 e. The first-order chi connectivity index (χ1) is 8.93. The van der Waals surface area contributed by atoms with Gasteiger partial charge in [0.25, 0.3) is 0 Å². The fourth-order valence-corrected chi connectivity index (χ4v) is 1.48. The minimum atomic E-state index is -1.14. The third-order valence-electron chi connectivity index (χ3n) is 2.27. The van der Waals surface area contributed by atoms with Crippen LogP contribution in [0.5, 0.6) is 0 Å². The van der Waals surface area contributed by atoms with E-state index in [1.165, 1.54) is 27.7 Å². The molecule has 7 heteroatoms. The summed E-state index contributed by atoms with van der Waals surface area (Å²) in [6, 6.07) is 0. The predicted octanol–water partition coefficient (Wildman–Crippen LogP) is -0.693. The van der Waals surface area contributed by atoms with Crippen LogP contribution in [-0.4, -0.2) is 23.1 Å². The number of rotatable bonds is 6. The van der Waals surface area contributed by atoms with E-state index in [0.29, 0.717) is 0 Å². The van der Waals surface area contributed by atoms with Gasteiger partial charge >= 0.3 is 16.8 Å². The van der Waals surface area contributed by atoms with Crippen LogP contribution >= 0.6 is 0 Å². The Morgan fingerprint density at radius 2 is 0.810 bits per heavy atom. The fraction of sp³-hybridized carbons (Fsp3) is 0.429. The third-order valence-corrected chi connectivity index (χ3v) is 2.27. The van der Waals surface area contributed by atoms with Crippen LogP contribution in [0.15, 0.2) is 24.7 Å². The SMILES string of the molecule is C=C([O-])C(C(C)=O)C(C)=O.C=C([O-])C(C(C)=O)C(C)=O.[Co+2]. The number of allylic oxidation sites excluding steroid dienone is 2. The molecule has 0 spiro atoms. The zero-order valence-electron chi connectivity index (χ0n) is 12.4. The van der Waals surface area contributed by atoms with Gasteiger partial charge in [-0.3, -0.25) is 19.2 Å². The molecule has 1 radical (unpaired) electrons. The van der Waals surface area contributed by atoms with Crippen molar-refractivity contribution in [3.63, 3.8) is 0 Å². The van der Waals surface area contributed by atoms with Crippen LogP contribution < -0.4 is 10.2 Å². The summed E-state index contributed by atoms with van der Waals surface area (Å²) in [7, 11) is 0. The van der Waals surface area contributed by atoms with E-state index in [2.05, 4.69) is 13.2 Å². The second-order valence-corrected chi connectivity index (χ2v) is 4.24. The van der Waals surface area contributed by atoms with Crippen LogP contribution in [0.4, 0.5) is 0 Å². The number of Topliss-reactive ketones (excluding diaryl/α,β-unsaturated/α-hetero) is 4. The van der Waals surface area contributed by atoms with Crippen molar-refractivity contribution < 1.29 is 46.2 Å². The maximum absolute atomic E-state index is 10.5. The van der Waals surface area contributed by atoms with E-state index >= 15 is 0 Å². The summed E-state index contributed by atoms with van der Waals surface area (Å²) in [5, 5.41) is 20.9. The molecular formula is C14H18CoO6. The van der Waals surface area contributed by atoms with Crippen molar-refractivity contribution in [1.82, 2.24) is 0 Å². The average Bonchev–Trinajstić information content (AvgIpc) is 2.12. The number of carbonyl (C=O) groups excluding carboxylic acids is 4. The first-order valence-electron chi connectivity index (χ1n) is 5.66. The van der Waals surface area contributed by atoms with Crippen molar-refractivity contribution in [2.24, 2.45) is 11.8 Å². The van der Waals surface area contributed by atoms with E-state index in [1.54, 1.807) is 0 Å². The molecule has 0 fully saturated rings.